The number of hydrogen-bond donors (Lipinski definition) is 0. The molecule has 0 N–H and O–H groups in total. The van der Waals surface area contributed by atoms with Crippen LogP contribution in [0.15, 0.2) is 140 Å². The molecule has 2 aliphatic heterocycles. The van der Waals surface area contributed by atoms with Crippen LogP contribution in [0.2, 0.25) is 0 Å². The molecule has 0 fully saturated rings. The molecule has 0 atom stereocenters. The van der Waals surface area contributed by atoms with Crippen LogP contribution in [-0.2, 0) is 0 Å². The summed E-state index contributed by atoms with van der Waals surface area (Å²) in [6.07, 6.45) is 13.3. The third-order valence-electron chi connectivity index (χ3n) is 8.37. The molecule has 0 bridgehead atoms. The molecule has 0 saturated carbocycles. The van der Waals surface area contributed by atoms with Gasteiger partial charge in [0.25, 0.3) is 0 Å². The Kier molecular flexibility index (Phi) is 13.3. The van der Waals surface area contributed by atoms with Crippen LogP contribution >= 0.6 is 128 Å². The maximum absolute atomic E-state index is 2.36. The van der Waals surface area contributed by atoms with Crippen molar-refractivity contribution in [2.75, 3.05) is 29.9 Å². The topological polar surface area (TPSA) is 3.24 Å². The lowest BCUT2D eigenvalue weighted by Crippen LogP contribution is -2.09. The summed E-state index contributed by atoms with van der Waals surface area (Å²) < 4.78 is 8.34. The zero-order chi connectivity index (χ0) is 37.0. The fourth-order valence-electron chi connectivity index (χ4n) is 5.81. The second-order valence-electron chi connectivity index (χ2n) is 11.7. The summed E-state index contributed by atoms with van der Waals surface area (Å²) in [6, 6.07) is 40.4. The molecule has 272 valence electrons. The predicted molar refractivity (Wildman–Crippen MR) is 265 cm³/mol. The highest BCUT2D eigenvalue weighted by Crippen LogP contribution is 2.58. The van der Waals surface area contributed by atoms with Crippen LogP contribution in [0.4, 0.5) is 17.1 Å². The molecule has 0 amide bonds. The summed E-state index contributed by atoms with van der Waals surface area (Å²) in [4.78, 5) is 8.78. The summed E-state index contributed by atoms with van der Waals surface area (Å²) in [6.45, 7) is 0. The Morgan fingerprint density at radius 2 is 0.796 bits per heavy atom. The smallest absolute Gasteiger partial charge is 0.0657 e. The van der Waals surface area contributed by atoms with Crippen molar-refractivity contribution in [3.8, 4) is 31.3 Å². The van der Waals surface area contributed by atoms with E-state index in [9.17, 15) is 0 Å². The number of rotatable bonds is 12. The third-order valence-corrected chi connectivity index (χ3v) is 21.6. The first-order chi connectivity index (χ1) is 26.5. The van der Waals surface area contributed by atoms with Gasteiger partial charge in [0.1, 0.15) is 0 Å². The predicted octanol–water partition coefficient (Wildman–Crippen LogP) is 17.6. The summed E-state index contributed by atoms with van der Waals surface area (Å²) >= 11 is 20.4. The molecule has 54 heavy (non-hydrogen) atoms. The number of thioether (sulfide) groups is 8. The van der Waals surface area contributed by atoms with Gasteiger partial charge >= 0.3 is 0 Å². The van der Waals surface area contributed by atoms with Crippen LogP contribution in [0.3, 0.4) is 0 Å². The van der Waals surface area contributed by atoms with Crippen LogP contribution in [0, 0.1) is 0 Å². The van der Waals surface area contributed by atoms with E-state index in [2.05, 4.69) is 157 Å². The van der Waals surface area contributed by atoms with Gasteiger partial charge in [-0.2, -0.15) is 0 Å². The van der Waals surface area contributed by atoms with Gasteiger partial charge in [0, 0.05) is 41.4 Å². The average Bonchev–Trinajstić information content (AvgIpc) is 4.07. The Balaban J connectivity index is 1.04. The van der Waals surface area contributed by atoms with Gasteiger partial charge in [-0.05, 0) is 126 Å². The first kappa shape index (κ1) is 39.2. The van der Waals surface area contributed by atoms with Crippen molar-refractivity contribution in [1.29, 1.82) is 0 Å². The number of hydrogen-bond acceptors (Lipinski definition) is 12. The van der Waals surface area contributed by atoms with E-state index in [0.717, 1.165) is 17.1 Å². The Morgan fingerprint density at radius 1 is 0.426 bits per heavy atom. The van der Waals surface area contributed by atoms with Gasteiger partial charge in [0.05, 0.1) is 25.4 Å². The Bertz CT molecular complexity index is 2190. The zero-order valence-electron chi connectivity index (χ0n) is 29.6. The largest absolute Gasteiger partial charge is 0.311 e. The van der Waals surface area contributed by atoms with Crippen LogP contribution in [0.5, 0.6) is 0 Å². The van der Waals surface area contributed by atoms with Crippen LogP contribution in [0.25, 0.3) is 43.5 Å². The van der Waals surface area contributed by atoms with Crippen molar-refractivity contribution in [2.45, 2.75) is 0 Å². The van der Waals surface area contributed by atoms with Crippen molar-refractivity contribution in [2.24, 2.45) is 0 Å². The lowest BCUT2D eigenvalue weighted by atomic mass is 10.1. The van der Waals surface area contributed by atoms with Gasteiger partial charge in [0.15, 0.2) is 0 Å². The van der Waals surface area contributed by atoms with Crippen LogP contribution < -0.4 is 4.90 Å². The van der Waals surface area contributed by atoms with E-state index < -0.39 is 0 Å². The molecule has 5 heterocycles. The molecule has 3 aromatic carbocycles. The Hall–Kier alpha value is -1.68. The van der Waals surface area contributed by atoms with E-state index in [4.69, 9.17) is 0 Å². The van der Waals surface area contributed by atoms with Crippen LogP contribution in [0.1, 0.15) is 9.75 Å². The lowest BCUT2D eigenvalue weighted by molar-refractivity contribution is 1.28. The second kappa shape index (κ2) is 18.3. The van der Waals surface area contributed by atoms with Gasteiger partial charge in [0.2, 0.25) is 0 Å². The monoisotopic (exact) mass is 903 g/mol. The van der Waals surface area contributed by atoms with Crippen molar-refractivity contribution in [1.82, 2.24) is 0 Å². The molecule has 0 spiro atoms. The number of nitrogens with zero attached hydrogens (tertiary/aromatic N) is 1. The molecule has 0 unspecified atom stereocenters. The SMILES string of the molecule is CSC1=C(SC)SC(=Cc2ccc(-c3ccc(N(c4ccc(-c5cccs5)cc4)c4ccc(-c5ccc(C=C6SC(SC)=C(SC)S6)s5)cc4)cc3)s2)S1. The zero-order valence-corrected chi connectivity index (χ0v) is 38.5. The molecule has 12 heteroatoms. The van der Waals surface area contributed by atoms with Crippen molar-refractivity contribution in [3.05, 3.63) is 150 Å². The van der Waals surface area contributed by atoms with Crippen molar-refractivity contribution < 1.29 is 0 Å². The lowest BCUT2D eigenvalue weighted by Gasteiger charge is -2.26. The maximum Gasteiger partial charge on any atom is 0.0657 e. The quantitative estimate of drug-likeness (QED) is 0.117. The van der Waals surface area contributed by atoms with Gasteiger partial charge in [-0.15, -0.1) is 81.1 Å². The minimum Gasteiger partial charge on any atom is -0.311 e. The summed E-state index contributed by atoms with van der Waals surface area (Å²) in [7, 11) is 0. The molecular formula is C42H33NS11. The third kappa shape index (κ3) is 8.89. The average molecular weight is 904 g/mol. The fraction of sp³-hybridized carbons (Fsp3) is 0.0952. The van der Waals surface area contributed by atoms with Crippen molar-refractivity contribution in [3.63, 3.8) is 0 Å². The molecule has 2 aliphatic rings. The summed E-state index contributed by atoms with van der Waals surface area (Å²) in [5.74, 6) is 0. The first-order valence-corrected chi connectivity index (χ1v) is 27.3. The Morgan fingerprint density at radius 3 is 1.13 bits per heavy atom. The van der Waals surface area contributed by atoms with Gasteiger partial charge < -0.3 is 4.90 Å². The van der Waals surface area contributed by atoms with Gasteiger partial charge in [-0.25, -0.2) is 0 Å². The molecule has 0 radical (unpaired) electrons. The van der Waals surface area contributed by atoms with E-state index in [1.807, 2.05) is 117 Å². The number of thiophene rings is 3. The highest BCUT2D eigenvalue weighted by Gasteiger charge is 2.22. The standard InChI is InChI=1S/C42H33NS11/c1-44-39-40(45-2)52-37(51-39)24-32-19-21-35(49-32)27-9-15-30(16-10-27)43(29-13-7-26(8-14-29)34-6-5-23-48-34)31-17-11-28(12-18-31)36-22-20-33(50-36)25-38-53-41(46-3)42(47-4)54-38/h5-25H,1-4H3. The van der Waals surface area contributed by atoms with Gasteiger partial charge in [-0.3, -0.25) is 0 Å². The molecule has 8 rings (SSSR count). The molecular weight excluding hydrogens is 871 g/mol. The van der Waals surface area contributed by atoms with E-state index in [1.165, 1.54) is 66.5 Å². The van der Waals surface area contributed by atoms with E-state index in [-0.39, 0.29) is 0 Å². The Labute approximate surface area is 364 Å². The second-order valence-corrected chi connectivity index (χ2v) is 23.9. The molecule has 0 aliphatic carbocycles. The summed E-state index contributed by atoms with van der Waals surface area (Å²) in [5, 5.41) is 2.14. The summed E-state index contributed by atoms with van der Waals surface area (Å²) in [5.41, 5.74) is 7.11. The molecule has 1 nitrogen and oxygen atoms in total. The first-order valence-electron chi connectivity index (χ1n) is 16.7. The van der Waals surface area contributed by atoms with E-state index in [1.54, 1.807) is 11.3 Å². The molecule has 0 saturated heterocycles. The molecule has 6 aromatic rings. The normalized spacial score (nSPS) is 14.4. The van der Waals surface area contributed by atoms with Crippen molar-refractivity contribution >= 4 is 157 Å². The number of benzene rings is 3. The van der Waals surface area contributed by atoms with Crippen LogP contribution in [-0.4, -0.2) is 25.0 Å². The van der Waals surface area contributed by atoms with E-state index >= 15 is 0 Å². The highest BCUT2D eigenvalue weighted by atomic mass is 32.3. The number of anilines is 3. The fourth-order valence-corrected chi connectivity index (χ4v) is 18.6. The maximum atomic E-state index is 2.36. The minimum absolute atomic E-state index is 1.13. The minimum atomic E-state index is 1.13. The van der Waals surface area contributed by atoms with Gasteiger partial charge in [-0.1, -0.05) is 89.5 Å². The molecule has 3 aromatic heterocycles. The highest BCUT2D eigenvalue weighted by molar-refractivity contribution is 8.41. The van der Waals surface area contributed by atoms with E-state index in [0.29, 0.717) is 0 Å².